The summed E-state index contributed by atoms with van der Waals surface area (Å²) in [5, 5.41) is 0.810. The van der Waals surface area contributed by atoms with Crippen LogP contribution in [0, 0.1) is 7.43 Å². The van der Waals surface area contributed by atoms with Crippen molar-refractivity contribution in [1.29, 1.82) is 0 Å². The average Bonchev–Trinajstić information content (AvgIpc) is 2.48. The Labute approximate surface area is 167 Å². The van der Waals surface area contributed by atoms with Gasteiger partial charge >= 0.3 is 0 Å². The van der Waals surface area contributed by atoms with E-state index in [2.05, 4.69) is 32.7 Å². The van der Waals surface area contributed by atoms with Gasteiger partial charge in [-0.3, -0.25) is 9.54 Å². The van der Waals surface area contributed by atoms with Gasteiger partial charge in [0.15, 0.2) is 0 Å². The maximum absolute atomic E-state index is 11.4. The van der Waals surface area contributed by atoms with Gasteiger partial charge in [-0.15, -0.1) is 0 Å². The second kappa shape index (κ2) is 12.7. The predicted molar refractivity (Wildman–Crippen MR) is 105 cm³/mol. The molecule has 0 saturated heterocycles. The summed E-state index contributed by atoms with van der Waals surface area (Å²) in [7, 11) is -5.13. The van der Waals surface area contributed by atoms with Gasteiger partial charge in [-0.2, -0.15) is 8.42 Å². The van der Waals surface area contributed by atoms with Crippen LogP contribution in [0.4, 0.5) is 0 Å². The van der Waals surface area contributed by atoms with Gasteiger partial charge in [0.2, 0.25) is 0 Å². The summed E-state index contributed by atoms with van der Waals surface area (Å²) in [6.07, 6.45) is 3.50. The van der Waals surface area contributed by atoms with Crippen LogP contribution in [0.3, 0.4) is 0 Å². The second-order valence-corrected chi connectivity index (χ2v) is 10.9. The van der Waals surface area contributed by atoms with Crippen LogP contribution < -0.4 is 5.30 Å². The molecule has 0 bridgehead atoms. The fourth-order valence-electron chi connectivity index (χ4n) is 2.53. The fourth-order valence-corrected chi connectivity index (χ4v) is 7.10. The third kappa shape index (κ3) is 9.04. The molecule has 4 nitrogen and oxygen atoms in total. The molecular weight excluding hydrogens is 448 g/mol. The summed E-state index contributed by atoms with van der Waals surface area (Å²) < 4.78 is 32.0. The molecule has 0 atom stereocenters. The van der Waals surface area contributed by atoms with Crippen LogP contribution in [-0.4, -0.2) is 29.3 Å². The number of aromatic nitrogens is 1. The van der Waals surface area contributed by atoms with Crippen LogP contribution in [-0.2, 0) is 30.5 Å². The molecule has 0 saturated carbocycles. The van der Waals surface area contributed by atoms with E-state index in [-0.39, 0.29) is 32.7 Å². The second-order valence-electron chi connectivity index (χ2n) is 5.76. The van der Waals surface area contributed by atoms with Crippen molar-refractivity contribution in [2.45, 2.75) is 43.9 Å². The first-order valence-electron chi connectivity index (χ1n) is 7.53. The Balaban J connectivity index is 0. The minimum Gasteiger partial charge on any atom is -0.358 e. The molecule has 1 aromatic carbocycles. The zero-order chi connectivity index (χ0) is 17.5. The van der Waals surface area contributed by atoms with Crippen molar-refractivity contribution in [1.82, 2.24) is 4.98 Å². The first-order chi connectivity index (χ1) is 10.7. The van der Waals surface area contributed by atoms with E-state index >= 15 is 0 Å². The van der Waals surface area contributed by atoms with E-state index in [1.165, 1.54) is 6.07 Å². The molecule has 1 N–H and O–H groups in total. The van der Waals surface area contributed by atoms with Gasteiger partial charge in [0, 0.05) is 40.7 Å². The molecule has 2 aromatic rings. The number of nitrogens with zero attached hydrogens (tertiary/aromatic N) is 1. The zero-order valence-corrected chi connectivity index (χ0v) is 18.7. The zero-order valence-electron chi connectivity index (χ0n) is 15.3. The van der Waals surface area contributed by atoms with Crippen LogP contribution in [0.15, 0.2) is 59.8 Å². The van der Waals surface area contributed by atoms with Crippen LogP contribution in [0.25, 0.3) is 0 Å². The minimum atomic E-state index is -4.12. The van der Waals surface area contributed by atoms with Crippen LogP contribution >= 0.6 is 7.92 Å². The Morgan fingerprint density at radius 2 is 1.40 bits per heavy atom. The van der Waals surface area contributed by atoms with Gasteiger partial charge in [0.05, 0.1) is 11.3 Å². The molecule has 0 spiro atoms. The standard InChI is InChI=1S/C12H19O3PS.C5H5N.CH3.Pd/c1-9(2)16(10(3)4)11-7-5-6-8-12(11)17(13,14)15;1-2-4-6-5-3-1;;/h5-10H,1-4H3,(H,13,14,15);1-5H;1H3;/q;;-1;/p+1. The molecule has 1 heterocycles. The first kappa shape index (κ1) is 26.6. The molecule has 25 heavy (non-hydrogen) atoms. The summed E-state index contributed by atoms with van der Waals surface area (Å²) in [6.45, 7) is 8.42. The SMILES string of the molecule is CC(C)[PH+](c1ccccc1S(=O)(=O)O)C(C)C.[CH3-].[Pd].c1ccncc1. The Morgan fingerprint density at radius 1 is 0.920 bits per heavy atom. The van der Waals surface area contributed by atoms with Gasteiger partial charge in [-0.05, 0) is 52.0 Å². The molecule has 0 aliphatic rings. The van der Waals surface area contributed by atoms with Crippen molar-refractivity contribution in [2.75, 3.05) is 0 Å². The maximum atomic E-state index is 11.4. The van der Waals surface area contributed by atoms with Gasteiger partial charge in [-0.1, -0.05) is 18.2 Å². The molecule has 0 fully saturated rings. The van der Waals surface area contributed by atoms with Crippen LogP contribution in [0.5, 0.6) is 0 Å². The van der Waals surface area contributed by atoms with Crippen molar-refractivity contribution < 1.29 is 33.4 Å². The first-order valence-corrected chi connectivity index (χ1v) is 10.6. The summed E-state index contributed by atoms with van der Waals surface area (Å²) in [4.78, 5) is 3.86. The molecule has 1 aromatic heterocycles. The Morgan fingerprint density at radius 3 is 1.72 bits per heavy atom. The monoisotopic (exact) mass is 475 g/mol. The smallest absolute Gasteiger partial charge is 0.298 e. The Hall–Kier alpha value is -0.628. The van der Waals surface area contributed by atoms with E-state index in [0.717, 1.165) is 5.30 Å². The van der Waals surface area contributed by atoms with Crippen molar-refractivity contribution in [3.05, 3.63) is 62.3 Å². The average molecular weight is 476 g/mol. The van der Waals surface area contributed by atoms with Gasteiger partial charge in [-0.25, -0.2) is 0 Å². The number of benzene rings is 1. The number of rotatable bonds is 4. The van der Waals surface area contributed by atoms with Crippen molar-refractivity contribution in [2.24, 2.45) is 0 Å². The number of hydrogen-bond acceptors (Lipinski definition) is 3. The fraction of sp³-hybridized carbons (Fsp3) is 0.333. The molecule has 0 aliphatic carbocycles. The van der Waals surface area contributed by atoms with E-state index in [1.807, 2.05) is 30.3 Å². The van der Waals surface area contributed by atoms with E-state index in [9.17, 15) is 13.0 Å². The topological polar surface area (TPSA) is 67.3 Å². The van der Waals surface area contributed by atoms with Crippen molar-refractivity contribution in [3.8, 4) is 0 Å². The molecule has 2 rings (SSSR count). The van der Waals surface area contributed by atoms with E-state index in [4.69, 9.17) is 0 Å². The number of hydrogen-bond donors (Lipinski definition) is 1. The molecule has 0 amide bonds. The van der Waals surface area contributed by atoms with Crippen LogP contribution in [0.2, 0.25) is 0 Å². The largest absolute Gasteiger partial charge is 0.358 e. The molecule has 0 unspecified atom stereocenters. The summed E-state index contributed by atoms with van der Waals surface area (Å²) >= 11 is 0. The van der Waals surface area contributed by atoms with E-state index in [1.54, 1.807) is 18.5 Å². The number of pyridine rings is 1. The third-order valence-corrected chi connectivity index (χ3v) is 7.93. The molecule has 0 radical (unpaired) electrons. The molecule has 0 aliphatic heterocycles. The summed E-state index contributed by atoms with van der Waals surface area (Å²) in [5.41, 5.74) is 0.839. The molecular formula is C18H28NO3PPdS. The molecule has 7 heteroatoms. The normalized spacial score (nSPS) is 10.6. The Kier molecular flexibility index (Phi) is 13.5. The van der Waals surface area contributed by atoms with Gasteiger partial charge in [0.25, 0.3) is 10.1 Å². The van der Waals surface area contributed by atoms with Crippen LogP contribution in [0.1, 0.15) is 27.7 Å². The van der Waals surface area contributed by atoms with Gasteiger partial charge < -0.3 is 7.43 Å². The van der Waals surface area contributed by atoms with E-state index < -0.39 is 18.0 Å². The van der Waals surface area contributed by atoms with Crippen molar-refractivity contribution >= 4 is 23.3 Å². The summed E-state index contributed by atoms with van der Waals surface area (Å²) in [6, 6.07) is 12.5. The van der Waals surface area contributed by atoms with Crippen molar-refractivity contribution in [3.63, 3.8) is 0 Å². The minimum absolute atomic E-state index is 0. The quantitative estimate of drug-likeness (QED) is 0.313. The Bertz CT molecular complexity index is 660. The third-order valence-electron chi connectivity index (χ3n) is 3.29. The molecule has 144 valence electrons. The predicted octanol–water partition coefficient (Wildman–Crippen LogP) is 4.12. The maximum Gasteiger partial charge on any atom is 0.298 e. The van der Waals surface area contributed by atoms with E-state index in [0.29, 0.717) is 11.3 Å². The summed E-state index contributed by atoms with van der Waals surface area (Å²) in [5.74, 6) is 0. The van der Waals surface area contributed by atoms with Gasteiger partial charge in [0.1, 0.15) is 10.2 Å².